The molecule has 0 aliphatic heterocycles. The number of nitrogens with zero attached hydrogens (tertiary/aromatic N) is 4. The fourth-order valence-corrected chi connectivity index (χ4v) is 5.80. The predicted molar refractivity (Wildman–Crippen MR) is 160 cm³/mol. The monoisotopic (exact) mass is 561 g/mol. The van der Waals surface area contributed by atoms with Crippen molar-refractivity contribution < 1.29 is 14.3 Å². The number of carbonyl (C=O) groups excluding carboxylic acids is 2. The van der Waals surface area contributed by atoms with E-state index in [-0.39, 0.29) is 11.7 Å². The molecule has 0 radical (unpaired) electrons. The van der Waals surface area contributed by atoms with Gasteiger partial charge in [-0.1, -0.05) is 41.6 Å². The van der Waals surface area contributed by atoms with Crippen LogP contribution < -0.4 is 10.2 Å². The Bertz CT molecular complexity index is 1510. The molecule has 0 spiro atoms. The van der Waals surface area contributed by atoms with E-state index in [0.29, 0.717) is 28.1 Å². The van der Waals surface area contributed by atoms with Crippen molar-refractivity contribution in [3.63, 3.8) is 0 Å². The van der Waals surface area contributed by atoms with Crippen molar-refractivity contribution in [2.24, 2.45) is 0 Å². The number of hydrogen-bond donors (Lipinski definition) is 1. The Hall–Kier alpha value is -3.89. The highest BCUT2D eigenvalue weighted by Gasteiger charge is 2.24. The minimum Gasteiger partial charge on any atom is -0.465 e. The van der Waals surface area contributed by atoms with E-state index in [1.165, 1.54) is 30.2 Å². The minimum atomic E-state index is -0.495. The van der Waals surface area contributed by atoms with Gasteiger partial charge < -0.3 is 15.0 Å². The molecule has 4 rings (SSSR count). The zero-order chi connectivity index (χ0) is 28.1. The van der Waals surface area contributed by atoms with Gasteiger partial charge in [-0.05, 0) is 49.2 Å². The van der Waals surface area contributed by atoms with Crippen LogP contribution in [0.5, 0.6) is 0 Å². The van der Waals surface area contributed by atoms with E-state index in [4.69, 9.17) is 4.74 Å². The van der Waals surface area contributed by atoms with Gasteiger partial charge in [0.05, 0.1) is 12.9 Å². The summed E-state index contributed by atoms with van der Waals surface area (Å²) in [7, 11) is 5.32. The van der Waals surface area contributed by atoms with Gasteiger partial charge in [-0.3, -0.25) is 9.36 Å². The predicted octanol–water partition coefficient (Wildman–Crippen LogP) is 6.06. The molecule has 0 bridgehead atoms. The van der Waals surface area contributed by atoms with Crippen LogP contribution in [0.1, 0.15) is 21.5 Å². The van der Waals surface area contributed by atoms with Crippen molar-refractivity contribution >= 4 is 45.7 Å². The second kappa shape index (κ2) is 12.3. The Labute approximate surface area is 236 Å². The lowest BCUT2D eigenvalue weighted by atomic mass is 9.97. The Morgan fingerprint density at radius 3 is 2.54 bits per heavy atom. The zero-order valence-electron chi connectivity index (χ0n) is 22.6. The SMILES string of the molecule is C=CCn1c(SCC(=O)Nc2scc(-c3cc(C)ccc3C)c2C(=O)OC)nnc1-c1ccc(N(C)C)cc1. The topological polar surface area (TPSA) is 89.3 Å². The van der Waals surface area contributed by atoms with Crippen LogP contribution >= 0.6 is 23.1 Å². The maximum atomic E-state index is 13.0. The van der Waals surface area contributed by atoms with E-state index in [1.807, 2.05) is 85.3 Å². The first-order valence-electron chi connectivity index (χ1n) is 12.3. The molecule has 2 heterocycles. The fraction of sp³-hybridized carbons (Fsp3) is 0.241. The number of rotatable bonds is 10. The van der Waals surface area contributed by atoms with Crippen LogP contribution in [0.3, 0.4) is 0 Å². The third kappa shape index (κ3) is 6.23. The summed E-state index contributed by atoms with van der Waals surface area (Å²) in [5.41, 5.74) is 6.15. The number of ether oxygens (including phenoxy) is 1. The first kappa shape index (κ1) is 28.1. The van der Waals surface area contributed by atoms with Crippen LogP contribution in [-0.2, 0) is 16.1 Å². The Balaban J connectivity index is 1.53. The molecule has 1 N–H and O–H groups in total. The molecule has 202 valence electrons. The van der Waals surface area contributed by atoms with Gasteiger partial charge in [-0.25, -0.2) is 4.79 Å². The van der Waals surface area contributed by atoms with Crippen LogP contribution in [0, 0.1) is 13.8 Å². The molecular formula is C29H31N5O3S2. The molecule has 39 heavy (non-hydrogen) atoms. The summed E-state index contributed by atoms with van der Waals surface area (Å²) in [5.74, 6) is 0.0365. The molecule has 0 saturated carbocycles. The first-order valence-corrected chi connectivity index (χ1v) is 14.1. The lowest BCUT2D eigenvalue weighted by molar-refractivity contribution is -0.113. The summed E-state index contributed by atoms with van der Waals surface area (Å²) in [6, 6.07) is 14.1. The third-order valence-electron chi connectivity index (χ3n) is 6.12. The number of carbonyl (C=O) groups is 2. The van der Waals surface area contributed by atoms with Gasteiger partial charge in [-0.15, -0.1) is 28.1 Å². The smallest absolute Gasteiger partial charge is 0.341 e. The van der Waals surface area contributed by atoms with Gasteiger partial charge in [0.2, 0.25) is 5.91 Å². The average molecular weight is 562 g/mol. The number of thiophene rings is 1. The number of aromatic nitrogens is 3. The van der Waals surface area contributed by atoms with Crippen molar-refractivity contribution in [2.45, 2.75) is 25.5 Å². The van der Waals surface area contributed by atoms with E-state index in [2.05, 4.69) is 22.1 Å². The van der Waals surface area contributed by atoms with Crippen molar-refractivity contribution in [3.8, 4) is 22.5 Å². The van der Waals surface area contributed by atoms with Crippen LogP contribution in [0.25, 0.3) is 22.5 Å². The summed E-state index contributed by atoms with van der Waals surface area (Å²) < 4.78 is 6.99. The van der Waals surface area contributed by atoms with Crippen molar-refractivity contribution in [3.05, 3.63) is 77.2 Å². The maximum Gasteiger partial charge on any atom is 0.341 e. The molecule has 0 fully saturated rings. The average Bonchev–Trinajstić information content (AvgIpc) is 3.52. The maximum absolute atomic E-state index is 13.0. The molecule has 2 aromatic carbocycles. The molecular weight excluding hydrogens is 530 g/mol. The van der Waals surface area contributed by atoms with E-state index < -0.39 is 5.97 Å². The minimum absolute atomic E-state index is 0.0894. The molecule has 0 aliphatic rings. The number of nitrogens with one attached hydrogen (secondary N) is 1. The largest absolute Gasteiger partial charge is 0.465 e. The molecule has 0 aliphatic carbocycles. The molecule has 2 aromatic heterocycles. The normalized spacial score (nSPS) is 10.8. The molecule has 0 atom stereocenters. The van der Waals surface area contributed by atoms with Crippen LogP contribution in [0.15, 0.2) is 65.7 Å². The first-order chi connectivity index (χ1) is 18.7. The van der Waals surface area contributed by atoms with E-state index in [0.717, 1.165) is 33.5 Å². The van der Waals surface area contributed by atoms with E-state index in [1.54, 1.807) is 6.08 Å². The summed E-state index contributed by atoms with van der Waals surface area (Å²) in [6.07, 6.45) is 1.77. The zero-order valence-corrected chi connectivity index (χ0v) is 24.3. The van der Waals surface area contributed by atoms with E-state index in [9.17, 15) is 9.59 Å². The lowest BCUT2D eigenvalue weighted by Gasteiger charge is -2.13. The van der Waals surface area contributed by atoms with Crippen LogP contribution in [0.4, 0.5) is 10.7 Å². The van der Waals surface area contributed by atoms with Crippen molar-refractivity contribution in [2.75, 3.05) is 37.2 Å². The fourth-order valence-electron chi connectivity index (χ4n) is 4.08. The standard InChI is InChI=1S/C29H31N5O3S2/c1-7-14-34-26(20-10-12-21(13-11-20)33(4)5)31-32-29(34)39-17-24(35)30-27-25(28(36)37-6)23(16-38-27)22-15-18(2)8-9-19(22)3/h7-13,15-16H,1,14,17H2,2-6H3,(H,30,35). The van der Waals surface area contributed by atoms with Crippen molar-refractivity contribution in [1.29, 1.82) is 0 Å². The number of methoxy groups -OCH3 is 1. The Morgan fingerprint density at radius 2 is 1.87 bits per heavy atom. The second-order valence-electron chi connectivity index (χ2n) is 9.15. The summed E-state index contributed by atoms with van der Waals surface area (Å²) >= 11 is 2.58. The number of amides is 1. The second-order valence-corrected chi connectivity index (χ2v) is 11.0. The van der Waals surface area contributed by atoms with Crippen LogP contribution in [-0.4, -0.2) is 53.6 Å². The quantitative estimate of drug-likeness (QED) is 0.143. The number of allylic oxidation sites excluding steroid dienone is 1. The molecule has 1 amide bonds. The third-order valence-corrected chi connectivity index (χ3v) is 7.98. The number of benzene rings is 2. The van der Waals surface area contributed by atoms with Gasteiger partial charge in [0.1, 0.15) is 10.6 Å². The molecule has 8 nitrogen and oxygen atoms in total. The highest BCUT2D eigenvalue weighted by Crippen LogP contribution is 2.38. The van der Waals surface area contributed by atoms with E-state index >= 15 is 0 Å². The Kier molecular flexibility index (Phi) is 8.88. The summed E-state index contributed by atoms with van der Waals surface area (Å²) in [6.45, 7) is 8.35. The number of thioether (sulfide) groups is 1. The number of esters is 1. The van der Waals surface area contributed by atoms with Crippen LogP contribution in [0.2, 0.25) is 0 Å². The summed E-state index contributed by atoms with van der Waals surface area (Å²) in [5, 5.41) is 14.6. The molecule has 0 saturated heterocycles. The summed E-state index contributed by atoms with van der Waals surface area (Å²) in [4.78, 5) is 27.8. The van der Waals surface area contributed by atoms with Gasteiger partial charge in [-0.2, -0.15) is 0 Å². The highest BCUT2D eigenvalue weighted by atomic mass is 32.2. The number of aryl methyl sites for hydroxylation is 2. The van der Waals surface area contributed by atoms with Crippen molar-refractivity contribution in [1.82, 2.24) is 14.8 Å². The van der Waals surface area contributed by atoms with Gasteiger partial charge in [0.25, 0.3) is 0 Å². The number of anilines is 2. The highest BCUT2D eigenvalue weighted by molar-refractivity contribution is 7.99. The molecule has 4 aromatic rings. The lowest BCUT2D eigenvalue weighted by Crippen LogP contribution is -2.16. The number of hydrogen-bond acceptors (Lipinski definition) is 8. The Morgan fingerprint density at radius 1 is 1.13 bits per heavy atom. The van der Waals surface area contributed by atoms with Gasteiger partial charge >= 0.3 is 5.97 Å². The van der Waals surface area contributed by atoms with Gasteiger partial charge in [0.15, 0.2) is 11.0 Å². The van der Waals surface area contributed by atoms with Gasteiger partial charge in [0, 0.05) is 42.8 Å². The molecule has 10 heteroatoms. The molecule has 0 unspecified atom stereocenters.